The molecule has 0 aromatic heterocycles. The molecule has 0 radical (unpaired) electrons. The first kappa shape index (κ1) is 16.7. The molecule has 126 valence electrons. The summed E-state index contributed by atoms with van der Waals surface area (Å²) in [7, 11) is 0. The highest BCUT2D eigenvalue weighted by molar-refractivity contribution is 6.42. The van der Waals surface area contributed by atoms with Gasteiger partial charge in [0.15, 0.2) is 18.1 Å². The molecule has 0 aliphatic carbocycles. The van der Waals surface area contributed by atoms with Crippen molar-refractivity contribution in [3.8, 4) is 17.2 Å². The van der Waals surface area contributed by atoms with E-state index < -0.39 is 0 Å². The molecule has 0 unspecified atom stereocenters. The van der Waals surface area contributed by atoms with Gasteiger partial charge in [0.1, 0.15) is 19.0 Å². The Morgan fingerprint density at radius 3 is 2.79 bits per heavy atom. The summed E-state index contributed by atoms with van der Waals surface area (Å²) in [5, 5.41) is 3.60. The summed E-state index contributed by atoms with van der Waals surface area (Å²) in [4.78, 5) is 11.9. The van der Waals surface area contributed by atoms with Gasteiger partial charge in [-0.1, -0.05) is 35.3 Å². The number of para-hydroxylation sites is 1. The molecule has 1 N–H and O–H groups in total. The van der Waals surface area contributed by atoms with Gasteiger partial charge in [0.2, 0.25) is 0 Å². The number of benzene rings is 2. The van der Waals surface area contributed by atoms with Crippen molar-refractivity contribution < 1.29 is 19.0 Å². The van der Waals surface area contributed by atoms with Gasteiger partial charge in [0, 0.05) is 18.2 Å². The molecule has 0 saturated carbocycles. The number of nitrogens with one attached hydrogen (secondary N) is 1. The van der Waals surface area contributed by atoms with Crippen molar-refractivity contribution >= 4 is 29.1 Å². The summed E-state index contributed by atoms with van der Waals surface area (Å²) in [6.45, 7) is 1.24. The number of carbonyl (C=O) groups excluding carboxylic acids is 1. The third-order valence-corrected chi connectivity index (χ3v) is 4.12. The number of ether oxygens (including phenoxy) is 3. The smallest absolute Gasteiger partial charge is 0.258 e. The Bertz CT molecular complexity index is 751. The summed E-state index contributed by atoms with van der Waals surface area (Å²) in [6.07, 6.45) is 0. The van der Waals surface area contributed by atoms with E-state index >= 15 is 0 Å². The van der Waals surface area contributed by atoms with E-state index in [1.54, 1.807) is 18.2 Å². The number of carbonyl (C=O) groups is 1. The predicted octanol–water partition coefficient (Wildman–Crippen LogP) is 3.46. The molecule has 1 aliphatic heterocycles. The van der Waals surface area contributed by atoms with E-state index in [-0.39, 0.29) is 12.5 Å². The molecule has 1 heterocycles. The Balaban J connectivity index is 1.53. The SMILES string of the molecule is O=C(COc1ccc(Cl)c(Cl)c1)NCc1cccc2c1OCCO2. The first-order valence-electron chi connectivity index (χ1n) is 7.35. The van der Waals surface area contributed by atoms with Crippen molar-refractivity contribution in [3.05, 3.63) is 52.0 Å². The van der Waals surface area contributed by atoms with Crippen LogP contribution in [0.5, 0.6) is 17.2 Å². The largest absolute Gasteiger partial charge is 0.486 e. The van der Waals surface area contributed by atoms with Gasteiger partial charge in [-0.25, -0.2) is 0 Å². The van der Waals surface area contributed by atoms with Crippen LogP contribution in [0.2, 0.25) is 10.0 Å². The van der Waals surface area contributed by atoms with Crippen LogP contribution in [0.15, 0.2) is 36.4 Å². The monoisotopic (exact) mass is 367 g/mol. The third-order valence-electron chi connectivity index (χ3n) is 3.38. The molecule has 3 rings (SSSR count). The topological polar surface area (TPSA) is 56.8 Å². The molecule has 2 aromatic rings. The van der Waals surface area contributed by atoms with E-state index in [9.17, 15) is 4.79 Å². The van der Waals surface area contributed by atoms with E-state index in [4.69, 9.17) is 37.4 Å². The van der Waals surface area contributed by atoms with Gasteiger partial charge in [-0.05, 0) is 18.2 Å². The summed E-state index contributed by atoms with van der Waals surface area (Å²) >= 11 is 11.7. The van der Waals surface area contributed by atoms with Crippen LogP contribution in [0.25, 0.3) is 0 Å². The average Bonchev–Trinajstić information content (AvgIpc) is 2.61. The molecule has 0 spiro atoms. The van der Waals surface area contributed by atoms with Gasteiger partial charge in [0.05, 0.1) is 10.0 Å². The fourth-order valence-electron chi connectivity index (χ4n) is 2.23. The standard InChI is InChI=1S/C17H15Cl2NO4/c18-13-5-4-12(8-14(13)19)24-10-16(21)20-9-11-2-1-3-15-17(11)23-7-6-22-15/h1-5,8H,6-7,9-10H2,(H,20,21). The highest BCUT2D eigenvalue weighted by Crippen LogP contribution is 2.33. The highest BCUT2D eigenvalue weighted by atomic mass is 35.5. The lowest BCUT2D eigenvalue weighted by atomic mass is 10.1. The quantitative estimate of drug-likeness (QED) is 0.878. The van der Waals surface area contributed by atoms with Crippen molar-refractivity contribution in [1.82, 2.24) is 5.32 Å². The molecule has 1 aliphatic rings. The van der Waals surface area contributed by atoms with Crippen molar-refractivity contribution in [3.63, 3.8) is 0 Å². The molecule has 0 atom stereocenters. The van der Waals surface area contributed by atoms with Crippen molar-refractivity contribution in [2.75, 3.05) is 19.8 Å². The lowest BCUT2D eigenvalue weighted by Gasteiger charge is -2.21. The van der Waals surface area contributed by atoms with Crippen LogP contribution in [0.1, 0.15) is 5.56 Å². The summed E-state index contributed by atoms with van der Waals surface area (Å²) in [5.41, 5.74) is 0.857. The maximum absolute atomic E-state index is 11.9. The average molecular weight is 368 g/mol. The fraction of sp³-hybridized carbons (Fsp3) is 0.235. The molecule has 5 nitrogen and oxygen atoms in total. The Labute approximate surface area is 149 Å². The molecular weight excluding hydrogens is 353 g/mol. The van der Waals surface area contributed by atoms with Crippen LogP contribution < -0.4 is 19.5 Å². The van der Waals surface area contributed by atoms with Crippen LogP contribution in [0.4, 0.5) is 0 Å². The second-order valence-corrected chi connectivity index (χ2v) is 5.90. The molecular formula is C17H15Cl2NO4. The van der Waals surface area contributed by atoms with Crippen LogP contribution >= 0.6 is 23.2 Å². The lowest BCUT2D eigenvalue weighted by Crippen LogP contribution is -2.29. The maximum atomic E-state index is 11.9. The maximum Gasteiger partial charge on any atom is 0.258 e. The van der Waals surface area contributed by atoms with E-state index in [2.05, 4.69) is 5.32 Å². The Morgan fingerprint density at radius 2 is 1.96 bits per heavy atom. The van der Waals surface area contributed by atoms with Gasteiger partial charge in [-0.2, -0.15) is 0 Å². The van der Waals surface area contributed by atoms with Crippen molar-refractivity contribution in [2.45, 2.75) is 6.54 Å². The van der Waals surface area contributed by atoms with E-state index in [1.807, 2.05) is 18.2 Å². The van der Waals surface area contributed by atoms with Gasteiger partial charge >= 0.3 is 0 Å². The normalized spacial score (nSPS) is 12.6. The van der Waals surface area contributed by atoms with E-state index in [0.29, 0.717) is 47.1 Å². The van der Waals surface area contributed by atoms with Crippen molar-refractivity contribution in [2.24, 2.45) is 0 Å². The minimum atomic E-state index is -0.254. The first-order valence-corrected chi connectivity index (χ1v) is 8.11. The van der Waals surface area contributed by atoms with Gasteiger partial charge < -0.3 is 19.5 Å². The Kier molecular flexibility index (Phi) is 5.33. The van der Waals surface area contributed by atoms with Crippen LogP contribution in [-0.2, 0) is 11.3 Å². The minimum absolute atomic E-state index is 0.121. The molecule has 0 bridgehead atoms. The van der Waals surface area contributed by atoms with E-state index in [1.165, 1.54) is 0 Å². The van der Waals surface area contributed by atoms with Crippen molar-refractivity contribution in [1.29, 1.82) is 0 Å². The number of halogens is 2. The molecule has 7 heteroatoms. The summed E-state index contributed by atoms with van der Waals surface area (Å²) in [6, 6.07) is 10.4. The van der Waals surface area contributed by atoms with Gasteiger partial charge in [-0.3, -0.25) is 4.79 Å². The van der Waals surface area contributed by atoms with Crippen LogP contribution in [0, 0.1) is 0 Å². The van der Waals surface area contributed by atoms with Crippen LogP contribution in [0.3, 0.4) is 0 Å². The second-order valence-electron chi connectivity index (χ2n) is 5.08. The first-order chi connectivity index (χ1) is 11.6. The highest BCUT2D eigenvalue weighted by Gasteiger charge is 2.16. The third kappa shape index (κ3) is 4.04. The van der Waals surface area contributed by atoms with Crippen LogP contribution in [-0.4, -0.2) is 25.7 Å². The van der Waals surface area contributed by atoms with Gasteiger partial charge in [0.25, 0.3) is 5.91 Å². The molecule has 0 fully saturated rings. The molecule has 0 saturated heterocycles. The lowest BCUT2D eigenvalue weighted by molar-refractivity contribution is -0.123. The summed E-state index contributed by atoms with van der Waals surface area (Å²) < 4.78 is 16.5. The predicted molar refractivity (Wildman–Crippen MR) is 91.2 cm³/mol. The van der Waals surface area contributed by atoms with E-state index in [0.717, 1.165) is 5.56 Å². The number of hydrogen-bond acceptors (Lipinski definition) is 4. The number of amides is 1. The fourth-order valence-corrected chi connectivity index (χ4v) is 2.52. The number of rotatable bonds is 5. The molecule has 1 amide bonds. The Hall–Kier alpha value is -2.11. The zero-order chi connectivity index (χ0) is 16.9. The van der Waals surface area contributed by atoms with Gasteiger partial charge in [-0.15, -0.1) is 0 Å². The summed E-state index contributed by atoms with van der Waals surface area (Å²) in [5.74, 6) is 1.60. The minimum Gasteiger partial charge on any atom is -0.486 e. The zero-order valence-electron chi connectivity index (χ0n) is 12.7. The molecule has 24 heavy (non-hydrogen) atoms. The molecule has 2 aromatic carbocycles. The zero-order valence-corrected chi connectivity index (χ0v) is 14.2. The number of hydrogen-bond donors (Lipinski definition) is 1. The Morgan fingerprint density at radius 1 is 1.12 bits per heavy atom. The second kappa shape index (κ2) is 7.64. The number of fused-ring (bicyclic) bond motifs is 1.